The van der Waals surface area contributed by atoms with Gasteiger partial charge in [0.1, 0.15) is 6.61 Å². The van der Waals surface area contributed by atoms with Gasteiger partial charge in [-0.25, -0.2) is 4.79 Å². The Labute approximate surface area is 147 Å². The summed E-state index contributed by atoms with van der Waals surface area (Å²) in [6, 6.07) is 13.9. The normalized spacial score (nSPS) is 14.4. The Morgan fingerprint density at radius 1 is 1.08 bits per heavy atom. The maximum atomic E-state index is 11.9. The van der Waals surface area contributed by atoms with Gasteiger partial charge in [0.2, 0.25) is 5.91 Å². The maximum Gasteiger partial charge on any atom is 0.508 e. The molecular weight excluding hydrogens is 318 g/mol. The summed E-state index contributed by atoms with van der Waals surface area (Å²) in [6.45, 7) is 2.17. The molecule has 0 heterocycles. The fourth-order valence-electron chi connectivity index (χ4n) is 3.23. The van der Waals surface area contributed by atoms with Crippen LogP contribution >= 0.6 is 0 Å². The highest BCUT2D eigenvalue weighted by Gasteiger charge is 2.30. The van der Waals surface area contributed by atoms with Crippen molar-refractivity contribution in [3.05, 3.63) is 53.6 Å². The lowest BCUT2D eigenvalue weighted by atomic mass is 9.97. The molecule has 1 aliphatic rings. The van der Waals surface area contributed by atoms with Gasteiger partial charge < -0.3 is 14.8 Å². The number of nitrogens with one attached hydrogen (secondary N) is 1. The molecule has 1 N–H and O–H groups in total. The van der Waals surface area contributed by atoms with E-state index in [0.717, 1.165) is 34.4 Å². The molecule has 5 heteroatoms. The summed E-state index contributed by atoms with van der Waals surface area (Å²) in [6.07, 6.45) is 0.600. The number of methoxy groups -OCH3 is 1. The van der Waals surface area contributed by atoms with Crippen molar-refractivity contribution in [2.45, 2.75) is 25.7 Å². The molecule has 0 bridgehead atoms. The molecule has 0 spiro atoms. The van der Waals surface area contributed by atoms with E-state index in [1.54, 1.807) is 0 Å². The van der Waals surface area contributed by atoms with Gasteiger partial charge in [-0.3, -0.25) is 4.79 Å². The van der Waals surface area contributed by atoms with Crippen LogP contribution < -0.4 is 5.32 Å². The molecule has 1 atom stereocenters. The van der Waals surface area contributed by atoms with Crippen molar-refractivity contribution in [1.82, 2.24) is 0 Å². The molecule has 0 saturated carbocycles. The second-order valence-electron chi connectivity index (χ2n) is 6.01. The van der Waals surface area contributed by atoms with E-state index < -0.39 is 6.16 Å². The predicted octanol–water partition coefficient (Wildman–Crippen LogP) is 4.32. The van der Waals surface area contributed by atoms with Crippen molar-refractivity contribution < 1.29 is 19.1 Å². The number of benzene rings is 2. The maximum absolute atomic E-state index is 11.9. The molecule has 1 aliphatic carbocycles. The standard InChI is InChI=1S/C20H21NO4/c1-3-6-19(22)21-13-9-10-16-14-7-4-5-8-15(14)18(17(16)11-13)12-25-20(23)24-2/h4-5,7-11,18H,3,6,12H2,1-2H3,(H,21,22). The Hall–Kier alpha value is -2.82. The van der Waals surface area contributed by atoms with Gasteiger partial charge in [0.15, 0.2) is 0 Å². The zero-order chi connectivity index (χ0) is 17.8. The van der Waals surface area contributed by atoms with Crippen LogP contribution in [-0.2, 0) is 14.3 Å². The second kappa shape index (κ2) is 7.38. The molecule has 0 fully saturated rings. The van der Waals surface area contributed by atoms with Gasteiger partial charge in [-0.15, -0.1) is 0 Å². The molecule has 0 radical (unpaired) electrons. The molecule has 3 rings (SSSR count). The third-order valence-corrected chi connectivity index (χ3v) is 4.35. The van der Waals surface area contributed by atoms with Crippen molar-refractivity contribution in [2.24, 2.45) is 0 Å². The first-order valence-corrected chi connectivity index (χ1v) is 8.38. The lowest BCUT2D eigenvalue weighted by Crippen LogP contribution is -2.13. The highest BCUT2D eigenvalue weighted by Crippen LogP contribution is 2.45. The van der Waals surface area contributed by atoms with E-state index in [1.807, 2.05) is 43.3 Å². The van der Waals surface area contributed by atoms with E-state index in [1.165, 1.54) is 7.11 Å². The van der Waals surface area contributed by atoms with Gasteiger partial charge in [-0.1, -0.05) is 37.3 Å². The molecule has 1 amide bonds. The van der Waals surface area contributed by atoms with E-state index in [9.17, 15) is 9.59 Å². The number of fused-ring (bicyclic) bond motifs is 3. The molecule has 25 heavy (non-hydrogen) atoms. The monoisotopic (exact) mass is 339 g/mol. The van der Waals surface area contributed by atoms with Gasteiger partial charge in [0.25, 0.3) is 0 Å². The highest BCUT2D eigenvalue weighted by molar-refractivity contribution is 5.92. The molecule has 0 aromatic heterocycles. The number of hydrogen-bond acceptors (Lipinski definition) is 4. The van der Waals surface area contributed by atoms with Gasteiger partial charge in [-0.05, 0) is 40.8 Å². The topological polar surface area (TPSA) is 64.6 Å². The predicted molar refractivity (Wildman–Crippen MR) is 95.6 cm³/mol. The second-order valence-corrected chi connectivity index (χ2v) is 6.01. The summed E-state index contributed by atoms with van der Waals surface area (Å²) in [5.74, 6) is -0.0753. The van der Waals surface area contributed by atoms with Crippen molar-refractivity contribution in [3.63, 3.8) is 0 Å². The first-order chi connectivity index (χ1) is 12.1. The molecule has 2 aromatic rings. The lowest BCUT2D eigenvalue weighted by Gasteiger charge is -2.14. The quantitative estimate of drug-likeness (QED) is 0.824. The largest absolute Gasteiger partial charge is 0.508 e. The summed E-state index contributed by atoms with van der Waals surface area (Å²) >= 11 is 0. The van der Waals surface area contributed by atoms with Crippen molar-refractivity contribution in [2.75, 3.05) is 19.0 Å². The fourth-order valence-corrected chi connectivity index (χ4v) is 3.23. The number of anilines is 1. The Morgan fingerprint density at radius 3 is 2.60 bits per heavy atom. The van der Waals surface area contributed by atoms with E-state index in [2.05, 4.69) is 16.1 Å². The Balaban J connectivity index is 1.92. The van der Waals surface area contributed by atoms with E-state index in [4.69, 9.17) is 4.74 Å². The zero-order valence-corrected chi connectivity index (χ0v) is 14.4. The number of hydrogen-bond donors (Lipinski definition) is 1. The molecule has 2 aromatic carbocycles. The van der Waals surface area contributed by atoms with E-state index in [-0.39, 0.29) is 18.4 Å². The number of carbonyl (C=O) groups excluding carboxylic acids is 2. The third kappa shape index (κ3) is 3.50. The van der Waals surface area contributed by atoms with Crippen molar-refractivity contribution >= 4 is 17.7 Å². The van der Waals surface area contributed by atoms with E-state index >= 15 is 0 Å². The highest BCUT2D eigenvalue weighted by atomic mass is 16.7. The summed E-state index contributed by atoms with van der Waals surface area (Å²) in [5, 5.41) is 2.92. The van der Waals surface area contributed by atoms with Gasteiger partial charge in [0.05, 0.1) is 7.11 Å². The number of rotatable bonds is 5. The molecule has 5 nitrogen and oxygen atoms in total. The Kier molecular flexibility index (Phi) is 5.03. The van der Waals surface area contributed by atoms with Crippen LogP contribution in [0.2, 0.25) is 0 Å². The van der Waals surface area contributed by atoms with Crippen LogP contribution in [0.4, 0.5) is 10.5 Å². The van der Waals surface area contributed by atoms with Crippen LogP contribution in [0.25, 0.3) is 11.1 Å². The van der Waals surface area contributed by atoms with Crippen molar-refractivity contribution in [1.29, 1.82) is 0 Å². The zero-order valence-electron chi connectivity index (χ0n) is 14.4. The van der Waals surface area contributed by atoms with Crippen molar-refractivity contribution in [3.8, 4) is 11.1 Å². The van der Waals surface area contributed by atoms with Crippen LogP contribution in [0.15, 0.2) is 42.5 Å². The minimum absolute atomic E-state index is 0.000298. The van der Waals surface area contributed by atoms with E-state index in [0.29, 0.717) is 6.42 Å². The van der Waals surface area contributed by atoms with Crippen LogP contribution in [0, 0.1) is 0 Å². The third-order valence-electron chi connectivity index (χ3n) is 4.35. The number of carbonyl (C=O) groups is 2. The smallest absolute Gasteiger partial charge is 0.438 e. The average Bonchev–Trinajstić information content (AvgIpc) is 2.93. The minimum atomic E-state index is -0.696. The summed E-state index contributed by atoms with van der Waals surface area (Å²) < 4.78 is 9.77. The van der Waals surface area contributed by atoms with Gasteiger partial charge in [0, 0.05) is 18.0 Å². The lowest BCUT2D eigenvalue weighted by molar-refractivity contribution is -0.116. The van der Waals surface area contributed by atoms with Crippen LogP contribution in [0.1, 0.15) is 36.8 Å². The first-order valence-electron chi connectivity index (χ1n) is 8.38. The average molecular weight is 339 g/mol. The summed E-state index contributed by atoms with van der Waals surface area (Å²) in [7, 11) is 1.29. The van der Waals surface area contributed by atoms with Gasteiger partial charge in [-0.2, -0.15) is 0 Å². The minimum Gasteiger partial charge on any atom is -0.438 e. The molecule has 1 unspecified atom stereocenters. The summed E-state index contributed by atoms with van der Waals surface area (Å²) in [5.41, 5.74) is 5.14. The Bertz CT molecular complexity index is 800. The van der Waals surface area contributed by atoms with Gasteiger partial charge >= 0.3 is 6.16 Å². The number of ether oxygens (including phenoxy) is 2. The first kappa shape index (κ1) is 17.0. The Morgan fingerprint density at radius 2 is 1.84 bits per heavy atom. The van der Waals surface area contributed by atoms with Crippen LogP contribution in [0.5, 0.6) is 0 Å². The molecule has 130 valence electrons. The molecule has 0 aliphatic heterocycles. The fraction of sp³-hybridized carbons (Fsp3) is 0.300. The van der Waals surface area contributed by atoms with Crippen LogP contribution in [-0.4, -0.2) is 25.8 Å². The SMILES string of the molecule is CCCC(=O)Nc1ccc2c(c1)C(COC(=O)OC)c1ccccc1-2. The summed E-state index contributed by atoms with van der Waals surface area (Å²) in [4.78, 5) is 23.2. The molecule has 0 saturated heterocycles. The van der Waals surface area contributed by atoms with Crippen LogP contribution in [0.3, 0.4) is 0 Å². The molecular formula is C20H21NO4. The number of amides is 1.